The van der Waals surface area contributed by atoms with Crippen molar-refractivity contribution in [3.05, 3.63) is 87.8 Å². The molecule has 1 heterocycles. The van der Waals surface area contributed by atoms with Gasteiger partial charge in [-0.15, -0.1) is 11.3 Å². The first-order chi connectivity index (χ1) is 14.7. The molecule has 0 radical (unpaired) electrons. The number of thiophene rings is 1. The maximum absolute atomic E-state index is 13.5. The molecule has 2 aromatic carbocycles. The Morgan fingerprint density at radius 2 is 1.50 bits per heavy atom. The average Bonchev–Trinajstić information content (AvgIpc) is 2.95. The smallest absolute Gasteiger partial charge is 0.341 e. The van der Waals surface area contributed by atoms with Gasteiger partial charge in [-0.25, -0.2) is 4.79 Å². The van der Waals surface area contributed by atoms with Crippen LogP contribution in [-0.4, -0.2) is 19.0 Å². The number of fused-ring (bicyclic) bond motifs is 1. The highest BCUT2D eigenvalue weighted by Crippen LogP contribution is 2.39. The zero-order valence-electron chi connectivity index (χ0n) is 17.0. The summed E-state index contributed by atoms with van der Waals surface area (Å²) in [6.45, 7) is 0. The second kappa shape index (κ2) is 9.26. The third-order valence-corrected chi connectivity index (χ3v) is 6.78. The minimum Gasteiger partial charge on any atom is -0.465 e. The molecule has 1 N–H and O–H groups in total. The summed E-state index contributed by atoms with van der Waals surface area (Å²) in [5.41, 5.74) is 3.42. The van der Waals surface area contributed by atoms with Crippen molar-refractivity contribution in [1.29, 1.82) is 0 Å². The molecule has 0 saturated carbocycles. The lowest BCUT2D eigenvalue weighted by molar-refractivity contribution is -0.116. The number of nitrogens with one attached hydrogen (secondary N) is 1. The van der Waals surface area contributed by atoms with Crippen LogP contribution in [0, 0.1) is 0 Å². The summed E-state index contributed by atoms with van der Waals surface area (Å²) in [5.74, 6) is -0.977. The third kappa shape index (κ3) is 4.17. The normalized spacial score (nSPS) is 13.4. The molecule has 5 heteroatoms. The summed E-state index contributed by atoms with van der Waals surface area (Å²) in [5, 5.41) is 3.69. The van der Waals surface area contributed by atoms with E-state index in [-0.39, 0.29) is 11.9 Å². The Morgan fingerprint density at radius 1 is 0.900 bits per heavy atom. The lowest BCUT2D eigenvalue weighted by atomic mass is 9.90. The van der Waals surface area contributed by atoms with Gasteiger partial charge in [0.2, 0.25) is 5.91 Å². The molecule has 0 aliphatic heterocycles. The number of hydrogen-bond donors (Lipinski definition) is 1. The van der Waals surface area contributed by atoms with E-state index < -0.39 is 5.92 Å². The van der Waals surface area contributed by atoms with Crippen LogP contribution in [0.5, 0.6) is 0 Å². The zero-order valence-corrected chi connectivity index (χ0v) is 17.8. The molecule has 1 amide bonds. The van der Waals surface area contributed by atoms with Crippen LogP contribution in [0.4, 0.5) is 5.00 Å². The number of hydrogen-bond acceptors (Lipinski definition) is 4. The predicted octanol–water partition coefficient (Wildman–Crippen LogP) is 5.57. The summed E-state index contributed by atoms with van der Waals surface area (Å²) < 4.78 is 5.07. The number of aryl methyl sites for hydroxylation is 1. The summed E-state index contributed by atoms with van der Waals surface area (Å²) in [7, 11) is 1.39. The first-order valence-electron chi connectivity index (χ1n) is 10.3. The highest BCUT2D eigenvalue weighted by Gasteiger charge is 2.29. The fourth-order valence-electron chi connectivity index (χ4n) is 4.12. The first-order valence-corrected chi connectivity index (χ1v) is 11.1. The number of methoxy groups -OCH3 is 1. The van der Waals surface area contributed by atoms with Crippen molar-refractivity contribution in [1.82, 2.24) is 0 Å². The molecular weight excluding hydrogens is 394 g/mol. The van der Waals surface area contributed by atoms with Crippen molar-refractivity contribution >= 4 is 28.2 Å². The molecule has 4 nitrogen and oxygen atoms in total. The van der Waals surface area contributed by atoms with Gasteiger partial charge in [0.15, 0.2) is 0 Å². The zero-order chi connectivity index (χ0) is 20.9. The first kappa shape index (κ1) is 20.4. The van der Waals surface area contributed by atoms with Crippen molar-refractivity contribution in [3.8, 4) is 0 Å². The number of carbonyl (C=O) groups is 2. The lowest BCUT2D eigenvalue weighted by Crippen LogP contribution is -2.23. The van der Waals surface area contributed by atoms with Gasteiger partial charge in [-0.1, -0.05) is 67.1 Å². The molecule has 0 bridgehead atoms. The van der Waals surface area contributed by atoms with Gasteiger partial charge in [-0.3, -0.25) is 4.79 Å². The van der Waals surface area contributed by atoms with Gasteiger partial charge in [0.1, 0.15) is 5.00 Å². The van der Waals surface area contributed by atoms with Crippen LogP contribution in [0.25, 0.3) is 0 Å². The Morgan fingerprint density at radius 3 is 2.10 bits per heavy atom. The fraction of sp³-hybridized carbons (Fsp3) is 0.280. The van der Waals surface area contributed by atoms with Crippen LogP contribution in [0.2, 0.25) is 0 Å². The number of carbonyl (C=O) groups excluding carboxylic acids is 2. The van der Waals surface area contributed by atoms with E-state index in [1.54, 1.807) is 0 Å². The van der Waals surface area contributed by atoms with E-state index >= 15 is 0 Å². The molecular formula is C25H25NO3S. The van der Waals surface area contributed by atoms with Crippen LogP contribution < -0.4 is 5.32 Å². The van der Waals surface area contributed by atoms with Crippen molar-refractivity contribution in [2.75, 3.05) is 12.4 Å². The van der Waals surface area contributed by atoms with E-state index in [1.165, 1.54) is 23.3 Å². The summed E-state index contributed by atoms with van der Waals surface area (Å²) in [6, 6.07) is 19.5. The molecule has 4 rings (SSSR count). The van der Waals surface area contributed by atoms with Gasteiger partial charge < -0.3 is 10.1 Å². The van der Waals surface area contributed by atoms with Gasteiger partial charge in [0, 0.05) is 4.88 Å². The van der Waals surface area contributed by atoms with E-state index in [4.69, 9.17) is 4.74 Å². The summed E-state index contributed by atoms with van der Waals surface area (Å²) in [6.07, 6.45) is 5.12. The largest absolute Gasteiger partial charge is 0.465 e. The Kier molecular flexibility index (Phi) is 6.29. The SMILES string of the molecule is COC(=O)c1c(NC(=O)C(c2ccccc2)c2ccccc2)sc2c1CCCCC2. The molecule has 0 atom stereocenters. The lowest BCUT2D eigenvalue weighted by Gasteiger charge is -2.18. The van der Waals surface area contributed by atoms with Crippen LogP contribution in [0.3, 0.4) is 0 Å². The molecule has 1 aliphatic carbocycles. The van der Waals surface area contributed by atoms with Gasteiger partial charge in [-0.2, -0.15) is 0 Å². The van der Waals surface area contributed by atoms with Gasteiger partial charge >= 0.3 is 5.97 Å². The second-order valence-electron chi connectivity index (χ2n) is 7.50. The highest BCUT2D eigenvalue weighted by atomic mass is 32.1. The van der Waals surface area contributed by atoms with Crippen molar-refractivity contribution in [2.45, 2.75) is 38.0 Å². The topological polar surface area (TPSA) is 55.4 Å². The molecule has 0 spiro atoms. The van der Waals surface area contributed by atoms with Crippen LogP contribution in [0.1, 0.15) is 57.1 Å². The predicted molar refractivity (Wildman–Crippen MR) is 120 cm³/mol. The van der Waals surface area contributed by atoms with Crippen molar-refractivity contribution < 1.29 is 14.3 Å². The number of benzene rings is 2. The van der Waals surface area contributed by atoms with Crippen LogP contribution >= 0.6 is 11.3 Å². The van der Waals surface area contributed by atoms with E-state index in [2.05, 4.69) is 5.32 Å². The molecule has 1 aromatic heterocycles. The molecule has 0 saturated heterocycles. The molecule has 0 unspecified atom stereocenters. The number of amides is 1. The number of rotatable bonds is 5. The quantitative estimate of drug-likeness (QED) is 0.434. The summed E-state index contributed by atoms with van der Waals surface area (Å²) in [4.78, 5) is 27.3. The minimum absolute atomic E-state index is 0.144. The van der Waals surface area contributed by atoms with E-state index in [0.29, 0.717) is 10.6 Å². The van der Waals surface area contributed by atoms with E-state index in [1.807, 2.05) is 60.7 Å². The number of ether oxygens (including phenoxy) is 1. The van der Waals surface area contributed by atoms with E-state index in [9.17, 15) is 9.59 Å². The maximum atomic E-state index is 13.5. The van der Waals surface area contributed by atoms with Gasteiger partial charge in [0.05, 0.1) is 18.6 Å². The Labute approximate surface area is 180 Å². The highest BCUT2D eigenvalue weighted by molar-refractivity contribution is 7.17. The second-order valence-corrected chi connectivity index (χ2v) is 8.61. The van der Waals surface area contributed by atoms with Gasteiger partial charge in [0.25, 0.3) is 0 Å². The van der Waals surface area contributed by atoms with Gasteiger partial charge in [-0.05, 0) is 42.4 Å². The van der Waals surface area contributed by atoms with Crippen LogP contribution in [0.15, 0.2) is 60.7 Å². The Balaban J connectivity index is 1.72. The van der Waals surface area contributed by atoms with E-state index in [0.717, 1.165) is 48.8 Å². The number of esters is 1. The van der Waals surface area contributed by atoms with Crippen LogP contribution in [-0.2, 0) is 22.4 Å². The molecule has 3 aromatic rings. The monoisotopic (exact) mass is 419 g/mol. The molecule has 1 aliphatic rings. The molecule has 154 valence electrons. The fourth-order valence-corrected chi connectivity index (χ4v) is 5.40. The standard InChI is InChI=1S/C25H25NO3S/c1-29-25(28)22-19-15-9-4-10-16-20(19)30-24(22)26-23(27)21(17-11-5-2-6-12-17)18-13-7-3-8-14-18/h2-3,5-8,11-14,21H,4,9-10,15-16H2,1H3,(H,26,27). The average molecular weight is 420 g/mol. The Bertz CT molecular complexity index is 988. The minimum atomic E-state index is -0.459. The van der Waals surface area contributed by atoms with Crippen molar-refractivity contribution in [2.24, 2.45) is 0 Å². The maximum Gasteiger partial charge on any atom is 0.341 e. The molecule has 0 fully saturated rings. The Hall–Kier alpha value is -2.92. The van der Waals surface area contributed by atoms with Crippen molar-refractivity contribution in [3.63, 3.8) is 0 Å². The molecule has 30 heavy (non-hydrogen) atoms. The summed E-state index contributed by atoms with van der Waals surface area (Å²) >= 11 is 1.52. The number of anilines is 1. The third-order valence-electron chi connectivity index (χ3n) is 5.58.